The van der Waals surface area contributed by atoms with Crippen LogP contribution in [0, 0.1) is 4.78 Å². The number of nitrogens with zero attached hydrogens (tertiary/aromatic N) is 1. The van der Waals surface area contributed by atoms with Crippen LogP contribution in [0.1, 0.15) is 17.3 Å². The Labute approximate surface area is 156 Å². The van der Waals surface area contributed by atoms with Crippen molar-refractivity contribution in [2.75, 3.05) is 11.9 Å². The van der Waals surface area contributed by atoms with Crippen molar-refractivity contribution in [2.24, 2.45) is 0 Å². The highest BCUT2D eigenvalue weighted by Crippen LogP contribution is 2.25. The predicted molar refractivity (Wildman–Crippen MR) is 103 cm³/mol. The number of amides is 1. The van der Waals surface area contributed by atoms with Gasteiger partial charge in [0.2, 0.25) is 0 Å². The van der Waals surface area contributed by atoms with E-state index in [9.17, 15) is 9.00 Å². The zero-order chi connectivity index (χ0) is 18.6. The minimum Gasteiger partial charge on any atom is -0.298 e. The van der Waals surface area contributed by atoms with Crippen LogP contribution in [0.5, 0.6) is 0 Å². The van der Waals surface area contributed by atoms with Gasteiger partial charge in [-0.1, -0.05) is 30.3 Å². The molecule has 1 heterocycles. The van der Waals surface area contributed by atoms with E-state index in [0.29, 0.717) is 10.7 Å². The van der Waals surface area contributed by atoms with Crippen LogP contribution in [-0.2, 0) is 14.2 Å². The van der Waals surface area contributed by atoms with E-state index in [-0.39, 0.29) is 17.4 Å². The molecule has 0 fully saturated rings. The van der Waals surface area contributed by atoms with Gasteiger partial charge in [0.25, 0.3) is 5.91 Å². The summed E-state index contributed by atoms with van der Waals surface area (Å²) in [7, 11) is -3.28. The second-order valence-corrected chi connectivity index (χ2v) is 7.86. The lowest BCUT2D eigenvalue weighted by molar-refractivity contribution is 0.102. The fraction of sp³-hybridized carbons (Fsp3) is 0.111. The molecule has 0 bridgehead atoms. The SMILES string of the molecule is CCOS(=N)(=O)c1ccc(C(=O)Nc2nc(-c3ccccc3)cs2)cc1. The van der Waals surface area contributed by atoms with Gasteiger partial charge >= 0.3 is 0 Å². The van der Waals surface area contributed by atoms with Crippen molar-refractivity contribution in [2.45, 2.75) is 11.8 Å². The van der Waals surface area contributed by atoms with Crippen molar-refractivity contribution in [3.63, 3.8) is 0 Å². The van der Waals surface area contributed by atoms with Crippen LogP contribution in [-0.4, -0.2) is 21.7 Å². The molecule has 1 amide bonds. The van der Waals surface area contributed by atoms with Crippen molar-refractivity contribution in [3.05, 3.63) is 65.5 Å². The molecule has 0 saturated heterocycles. The first-order valence-corrected chi connectivity index (χ1v) is 10.2. The van der Waals surface area contributed by atoms with Crippen LogP contribution in [0.3, 0.4) is 0 Å². The molecule has 2 N–H and O–H groups in total. The molecular weight excluding hydrogens is 370 g/mol. The lowest BCUT2D eigenvalue weighted by Gasteiger charge is -2.07. The highest BCUT2D eigenvalue weighted by atomic mass is 32.2. The lowest BCUT2D eigenvalue weighted by Crippen LogP contribution is -2.12. The second kappa shape index (κ2) is 7.77. The van der Waals surface area contributed by atoms with E-state index in [2.05, 4.69) is 10.3 Å². The first-order valence-electron chi connectivity index (χ1n) is 7.85. The number of hydrogen-bond acceptors (Lipinski definition) is 6. The van der Waals surface area contributed by atoms with Gasteiger partial charge in [-0.05, 0) is 31.2 Å². The number of carbonyl (C=O) groups is 1. The number of hydrogen-bond donors (Lipinski definition) is 2. The Balaban J connectivity index is 1.72. The Kier molecular flexibility index (Phi) is 5.46. The van der Waals surface area contributed by atoms with E-state index in [1.54, 1.807) is 6.92 Å². The summed E-state index contributed by atoms with van der Waals surface area (Å²) >= 11 is 1.34. The van der Waals surface area contributed by atoms with E-state index in [1.807, 2.05) is 35.7 Å². The topological polar surface area (TPSA) is 92.1 Å². The molecule has 0 radical (unpaired) electrons. The number of anilines is 1. The normalized spacial score (nSPS) is 13.1. The van der Waals surface area contributed by atoms with Crippen LogP contribution in [0.2, 0.25) is 0 Å². The van der Waals surface area contributed by atoms with E-state index < -0.39 is 10.0 Å². The third-order valence-electron chi connectivity index (χ3n) is 3.50. The fourth-order valence-electron chi connectivity index (χ4n) is 2.26. The van der Waals surface area contributed by atoms with Crippen LogP contribution >= 0.6 is 11.3 Å². The zero-order valence-corrected chi connectivity index (χ0v) is 15.6. The molecule has 3 rings (SSSR count). The third kappa shape index (κ3) is 4.16. The van der Waals surface area contributed by atoms with Crippen molar-refractivity contribution >= 4 is 32.4 Å². The quantitative estimate of drug-likeness (QED) is 0.655. The first-order chi connectivity index (χ1) is 12.5. The summed E-state index contributed by atoms with van der Waals surface area (Å²) in [5.74, 6) is -0.321. The highest BCUT2D eigenvalue weighted by Gasteiger charge is 2.13. The average molecular weight is 387 g/mol. The van der Waals surface area contributed by atoms with Gasteiger partial charge in [-0.3, -0.25) is 14.3 Å². The molecule has 0 aliphatic rings. The van der Waals surface area contributed by atoms with Gasteiger partial charge in [0.1, 0.15) is 0 Å². The number of thiazole rings is 1. The molecule has 3 aromatic rings. The van der Waals surface area contributed by atoms with Gasteiger partial charge in [0.15, 0.2) is 15.1 Å². The van der Waals surface area contributed by atoms with Gasteiger partial charge < -0.3 is 0 Å². The number of aromatic nitrogens is 1. The fourth-order valence-corrected chi connectivity index (χ4v) is 3.94. The maximum Gasteiger partial charge on any atom is 0.257 e. The molecule has 6 nitrogen and oxygen atoms in total. The summed E-state index contributed by atoms with van der Waals surface area (Å²) in [6.45, 7) is 1.85. The Bertz CT molecular complexity index is 998. The predicted octanol–water partition coefficient (Wildman–Crippen LogP) is 4.42. The Morgan fingerprint density at radius 1 is 1.19 bits per heavy atom. The molecule has 0 aliphatic carbocycles. The Hall–Kier alpha value is -2.55. The average Bonchev–Trinajstić information content (AvgIpc) is 3.11. The minimum atomic E-state index is -3.28. The molecule has 0 spiro atoms. The van der Waals surface area contributed by atoms with Crippen molar-refractivity contribution in [3.8, 4) is 11.3 Å². The number of rotatable bonds is 6. The van der Waals surface area contributed by atoms with Crippen LogP contribution in [0.15, 0.2) is 64.9 Å². The largest absolute Gasteiger partial charge is 0.298 e. The maximum atomic E-state index is 12.4. The van der Waals surface area contributed by atoms with Gasteiger partial charge in [-0.2, -0.15) is 0 Å². The molecule has 1 aromatic heterocycles. The molecule has 2 aromatic carbocycles. The van der Waals surface area contributed by atoms with Crippen LogP contribution in [0.25, 0.3) is 11.3 Å². The first kappa shape index (κ1) is 18.2. The number of benzene rings is 2. The number of carbonyl (C=O) groups excluding carboxylic acids is 1. The monoisotopic (exact) mass is 387 g/mol. The van der Waals surface area contributed by atoms with Crippen molar-refractivity contribution in [1.82, 2.24) is 4.98 Å². The standard InChI is InChI=1S/C18H17N3O3S2/c1-2-24-26(19,23)15-10-8-14(9-11-15)17(22)21-18-20-16(12-25-18)13-6-4-3-5-7-13/h3-12,19H,2H2,1H3,(H,20,21,22). The molecular formula is C18H17N3O3S2. The number of nitrogens with one attached hydrogen (secondary N) is 2. The second-order valence-electron chi connectivity index (χ2n) is 5.29. The summed E-state index contributed by atoms with van der Waals surface area (Å²) in [5, 5.41) is 5.13. The van der Waals surface area contributed by atoms with Crippen LogP contribution < -0.4 is 5.32 Å². The van der Waals surface area contributed by atoms with Crippen molar-refractivity contribution < 1.29 is 13.2 Å². The molecule has 26 heavy (non-hydrogen) atoms. The van der Waals surface area contributed by atoms with E-state index in [1.165, 1.54) is 35.6 Å². The van der Waals surface area contributed by atoms with Gasteiger partial charge in [-0.25, -0.2) is 14.0 Å². The Morgan fingerprint density at radius 3 is 2.54 bits per heavy atom. The minimum absolute atomic E-state index is 0.179. The molecule has 0 saturated carbocycles. The summed E-state index contributed by atoms with van der Waals surface area (Å²) < 4.78 is 24.7. The van der Waals surface area contributed by atoms with Gasteiger partial charge in [-0.15, -0.1) is 11.3 Å². The molecule has 134 valence electrons. The zero-order valence-electron chi connectivity index (χ0n) is 14.0. The molecule has 0 aliphatic heterocycles. The summed E-state index contributed by atoms with van der Waals surface area (Å²) in [6.07, 6.45) is 0. The Morgan fingerprint density at radius 2 is 1.88 bits per heavy atom. The van der Waals surface area contributed by atoms with Gasteiger partial charge in [0.05, 0.1) is 17.2 Å². The summed E-state index contributed by atoms with van der Waals surface area (Å²) in [6, 6.07) is 15.7. The maximum absolute atomic E-state index is 12.4. The smallest absolute Gasteiger partial charge is 0.257 e. The lowest BCUT2D eigenvalue weighted by atomic mass is 10.2. The van der Waals surface area contributed by atoms with Gasteiger partial charge in [0, 0.05) is 16.5 Å². The molecule has 8 heteroatoms. The van der Waals surface area contributed by atoms with Crippen LogP contribution in [0.4, 0.5) is 5.13 Å². The highest BCUT2D eigenvalue weighted by molar-refractivity contribution is 7.87. The summed E-state index contributed by atoms with van der Waals surface area (Å²) in [4.78, 5) is 17.0. The van der Waals surface area contributed by atoms with Crippen molar-refractivity contribution in [1.29, 1.82) is 4.78 Å². The van der Waals surface area contributed by atoms with E-state index in [0.717, 1.165) is 11.3 Å². The summed E-state index contributed by atoms with van der Waals surface area (Å²) in [5.41, 5.74) is 2.17. The molecule has 1 unspecified atom stereocenters. The van der Waals surface area contributed by atoms with E-state index >= 15 is 0 Å². The third-order valence-corrected chi connectivity index (χ3v) is 5.72. The molecule has 1 atom stereocenters. The van der Waals surface area contributed by atoms with E-state index in [4.69, 9.17) is 8.96 Å².